The largest absolute Gasteiger partial charge is 0.368 e. The van der Waals surface area contributed by atoms with Gasteiger partial charge in [0.05, 0.1) is 6.42 Å². The van der Waals surface area contributed by atoms with Crippen molar-refractivity contribution in [3.8, 4) is 11.8 Å². The molecule has 1 rings (SSSR count). The van der Waals surface area contributed by atoms with Gasteiger partial charge in [0.25, 0.3) is 5.91 Å². The van der Waals surface area contributed by atoms with Crippen molar-refractivity contribution >= 4 is 11.8 Å². The maximum Gasteiger partial charge on any atom is 0.259 e. The van der Waals surface area contributed by atoms with Crippen molar-refractivity contribution < 1.29 is 14.3 Å². The molecule has 0 aromatic heterocycles. The fraction of sp³-hybridized carbons (Fsp3) is 0.714. The van der Waals surface area contributed by atoms with Gasteiger partial charge in [0.15, 0.2) is 5.60 Å². The quantitative estimate of drug-likeness (QED) is 0.445. The molecule has 1 fully saturated rings. The molecule has 1 unspecified atom stereocenters. The van der Waals surface area contributed by atoms with Crippen LogP contribution in [0.2, 0.25) is 0 Å². The minimum absolute atomic E-state index is 0.143. The number of ether oxygens (including phenoxy) is 1. The maximum atomic E-state index is 11.7. The minimum Gasteiger partial charge on any atom is -0.368 e. The summed E-state index contributed by atoms with van der Waals surface area (Å²) in [5, 5.41) is 2.30. The highest BCUT2D eigenvalue weighted by atomic mass is 16.5. The molecule has 100 valence electrons. The van der Waals surface area contributed by atoms with Crippen LogP contribution in [0, 0.1) is 11.8 Å². The van der Waals surface area contributed by atoms with Crippen LogP contribution >= 0.6 is 0 Å². The van der Waals surface area contributed by atoms with Crippen LogP contribution in [0.25, 0.3) is 0 Å². The van der Waals surface area contributed by atoms with Crippen LogP contribution in [-0.2, 0) is 14.3 Å². The van der Waals surface area contributed by atoms with Crippen molar-refractivity contribution in [1.82, 2.24) is 5.32 Å². The first-order valence-electron chi connectivity index (χ1n) is 6.50. The Bertz CT molecular complexity index is 367. The van der Waals surface area contributed by atoms with Crippen molar-refractivity contribution in [3.63, 3.8) is 0 Å². The van der Waals surface area contributed by atoms with Gasteiger partial charge < -0.3 is 4.74 Å². The average molecular weight is 251 g/mol. The van der Waals surface area contributed by atoms with Gasteiger partial charge in [0.2, 0.25) is 5.91 Å². The summed E-state index contributed by atoms with van der Waals surface area (Å²) in [5.41, 5.74) is -0.937. The van der Waals surface area contributed by atoms with Gasteiger partial charge in [-0.3, -0.25) is 14.9 Å². The van der Waals surface area contributed by atoms with Crippen molar-refractivity contribution in [2.45, 2.75) is 57.5 Å². The fourth-order valence-electron chi connectivity index (χ4n) is 2.02. The zero-order valence-electron chi connectivity index (χ0n) is 11.2. The number of amides is 2. The molecule has 0 aliphatic carbocycles. The number of nitrogens with one attached hydrogen (secondary N) is 1. The summed E-state index contributed by atoms with van der Waals surface area (Å²) in [7, 11) is 1.49. The van der Waals surface area contributed by atoms with E-state index in [2.05, 4.69) is 24.1 Å². The molecule has 1 heterocycles. The third-order valence-electron chi connectivity index (χ3n) is 3.14. The number of carbonyl (C=O) groups excluding carboxylic acids is 2. The van der Waals surface area contributed by atoms with Gasteiger partial charge in [-0.2, -0.15) is 0 Å². The SMILES string of the molecule is CCCC#CCCCCC1(OC)CC(=O)NC1=O. The summed E-state index contributed by atoms with van der Waals surface area (Å²) < 4.78 is 5.26. The third-order valence-corrected chi connectivity index (χ3v) is 3.14. The van der Waals surface area contributed by atoms with Gasteiger partial charge in [-0.15, -0.1) is 11.8 Å². The Kier molecular flexibility index (Phi) is 5.87. The number of imide groups is 1. The van der Waals surface area contributed by atoms with E-state index in [1.54, 1.807) is 0 Å². The molecular weight excluding hydrogens is 230 g/mol. The van der Waals surface area contributed by atoms with Gasteiger partial charge in [0, 0.05) is 20.0 Å². The Labute approximate surface area is 108 Å². The highest BCUT2D eigenvalue weighted by Gasteiger charge is 2.46. The molecule has 1 saturated heterocycles. The lowest BCUT2D eigenvalue weighted by Crippen LogP contribution is -2.39. The summed E-state index contributed by atoms with van der Waals surface area (Å²) in [6.07, 6.45) is 5.37. The van der Waals surface area contributed by atoms with Gasteiger partial charge in [-0.25, -0.2) is 0 Å². The van der Waals surface area contributed by atoms with E-state index in [1.165, 1.54) is 7.11 Å². The normalized spacial score (nSPS) is 22.6. The fourth-order valence-corrected chi connectivity index (χ4v) is 2.02. The average Bonchev–Trinajstić information content (AvgIpc) is 2.63. The molecular formula is C14H21NO3. The van der Waals surface area contributed by atoms with E-state index in [4.69, 9.17) is 4.74 Å². The number of carbonyl (C=O) groups is 2. The monoisotopic (exact) mass is 251 g/mol. The molecule has 0 aromatic rings. The highest BCUT2D eigenvalue weighted by molar-refractivity contribution is 6.07. The predicted molar refractivity (Wildman–Crippen MR) is 68.7 cm³/mol. The first-order chi connectivity index (χ1) is 8.64. The Morgan fingerprint density at radius 1 is 1.28 bits per heavy atom. The van der Waals surface area contributed by atoms with Crippen molar-refractivity contribution in [2.75, 3.05) is 7.11 Å². The molecule has 0 bridgehead atoms. The van der Waals surface area contributed by atoms with Gasteiger partial charge >= 0.3 is 0 Å². The maximum absolute atomic E-state index is 11.7. The molecule has 1 atom stereocenters. The Morgan fingerprint density at radius 2 is 2.00 bits per heavy atom. The zero-order valence-corrected chi connectivity index (χ0v) is 11.2. The number of rotatable bonds is 6. The predicted octanol–water partition coefficient (Wildman–Crippen LogP) is 1.78. The minimum atomic E-state index is -0.937. The highest BCUT2D eigenvalue weighted by Crippen LogP contribution is 2.27. The van der Waals surface area contributed by atoms with Crippen molar-refractivity contribution in [3.05, 3.63) is 0 Å². The molecule has 4 heteroatoms. The van der Waals surface area contributed by atoms with E-state index >= 15 is 0 Å². The summed E-state index contributed by atoms with van der Waals surface area (Å²) >= 11 is 0. The van der Waals surface area contributed by atoms with Crippen LogP contribution < -0.4 is 5.32 Å². The molecule has 1 aliphatic rings. The number of hydrogen-bond donors (Lipinski definition) is 1. The lowest BCUT2D eigenvalue weighted by atomic mass is 9.94. The van der Waals surface area contributed by atoms with Crippen molar-refractivity contribution in [2.24, 2.45) is 0 Å². The molecule has 0 spiro atoms. The molecule has 0 saturated carbocycles. The standard InChI is InChI=1S/C14H21NO3/c1-3-4-5-6-7-8-9-10-14(18-2)11-12(16)15-13(14)17/h3-4,7-11H2,1-2H3,(H,15,16,17). The second kappa shape index (κ2) is 7.17. The smallest absolute Gasteiger partial charge is 0.259 e. The second-order valence-corrected chi connectivity index (χ2v) is 4.56. The van der Waals surface area contributed by atoms with Crippen molar-refractivity contribution in [1.29, 1.82) is 0 Å². The van der Waals surface area contributed by atoms with E-state index in [0.29, 0.717) is 6.42 Å². The molecule has 0 aromatic carbocycles. The van der Waals surface area contributed by atoms with Crippen LogP contribution in [0.1, 0.15) is 51.9 Å². The lowest BCUT2D eigenvalue weighted by molar-refractivity contribution is -0.139. The lowest BCUT2D eigenvalue weighted by Gasteiger charge is -2.22. The second-order valence-electron chi connectivity index (χ2n) is 4.56. The van der Waals surface area contributed by atoms with Gasteiger partial charge in [0.1, 0.15) is 0 Å². The van der Waals surface area contributed by atoms with Gasteiger partial charge in [-0.1, -0.05) is 6.92 Å². The van der Waals surface area contributed by atoms with Crippen LogP contribution in [0.3, 0.4) is 0 Å². The summed E-state index contributed by atoms with van der Waals surface area (Å²) in [6.45, 7) is 2.10. The Hall–Kier alpha value is -1.34. The van der Waals surface area contributed by atoms with Crippen LogP contribution in [-0.4, -0.2) is 24.5 Å². The van der Waals surface area contributed by atoms with E-state index in [1.807, 2.05) is 0 Å². The van der Waals surface area contributed by atoms with Crippen LogP contribution in [0.4, 0.5) is 0 Å². The van der Waals surface area contributed by atoms with Gasteiger partial charge in [-0.05, 0) is 25.7 Å². The van der Waals surface area contributed by atoms with E-state index in [0.717, 1.165) is 32.1 Å². The summed E-state index contributed by atoms with van der Waals surface area (Å²) in [5.74, 6) is 5.65. The zero-order chi connectivity index (χ0) is 13.4. The molecule has 1 N–H and O–H groups in total. The Balaban J connectivity index is 2.31. The third kappa shape index (κ3) is 3.85. The van der Waals surface area contributed by atoms with Crippen LogP contribution in [0.5, 0.6) is 0 Å². The summed E-state index contributed by atoms with van der Waals surface area (Å²) in [4.78, 5) is 22.9. The molecule has 0 radical (unpaired) electrons. The molecule has 4 nitrogen and oxygen atoms in total. The molecule has 2 amide bonds. The number of unbranched alkanes of at least 4 members (excludes halogenated alkanes) is 3. The number of methoxy groups -OCH3 is 1. The van der Waals surface area contributed by atoms with E-state index in [9.17, 15) is 9.59 Å². The topological polar surface area (TPSA) is 55.4 Å². The molecule has 1 aliphatic heterocycles. The first-order valence-corrected chi connectivity index (χ1v) is 6.50. The summed E-state index contributed by atoms with van der Waals surface area (Å²) in [6, 6.07) is 0. The molecule has 18 heavy (non-hydrogen) atoms. The Morgan fingerprint density at radius 3 is 2.56 bits per heavy atom. The van der Waals surface area contributed by atoms with E-state index < -0.39 is 5.60 Å². The first kappa shape index (κ1) is 14.7. The van der Waals surface area contributed by atoms with E-state index in [-0.39, 0.29) is 18.2 Å². The van der Waals surface area contributed by atoms with Crippen LogP contribution in [0.15, 0.2) is 0 Å². The number of hydrogen-bond acceptors (Lipinski definition) is 3.